The van der Waals surface area contributed by atoms with Crippen molar-refractivity contribution in [3.8, 4) is 0 Å². The zero-order valence-electron chi connectivity index (χ0n) is 12.4. The van der Waals surface area contributed by atoms with Crippen LogP contribution in [0.1, 0.15) is 25.0 Å². The van der Waals surface area contributed by atoms with Gasteiger partial charge in [0.25, 0.3) is 0 Å². The van der Waals surface area contributed by atoms with Gasteiger partial charge in [-0.25, -0.2) is 0 Å². The van der Waals surface area contributed by atoms with Gasteiger partial charge in [0.2, 0.25) is 5.91 Å². The molecule has 22 heavy (non-hydrogen) atoms. The Hall–Kier alpha value is -1.60. The molecule has 0 heterocycles. The van der Waals surface area contributed by atoms with Crippen LogP contribution in [0.3, 0.4) is 0 Å². The van der Waals surface area contributed by atoms with Crippen LogP contribution in [0.25, 0.3) is 0 Å². The van der Waals surface area contributed by atoms with Gasteiger partial charge in [0.15, 0.2) is 0 Å². The second-order valence-electron chi connectivity index (χ2n) is 4.74. The maximum Gasteiger partial charge on any atom is 0.411 e. The van der Waals surface area contributed by atoms with E-state index in [1.807, 2.05) is 37.3 Å². The molecule has 124 valence electrons. The smallest absolute Gasteiger partial charge is 0.374 e. The van der Waals surface area contributed by atoms with Crippen LogP contribution in [0.2, 0.25) is 0 Å². The van der Waals surface area contributed by atoms with Crippen molar-refractivity contribution in [2.75, 3.05) is 26.4 Å². The molecule has 4 nitrogen and oxygen atoms in total. The molecule has 0 spiro atoms. The summed E-state index contributed by atoms with van der Waals surface area (Å²) in [4.78, 5) is 11.2. The van der Waals surface area contributed by atoms with Gasteiger partial charge in [0.05, 0.1) is 6.10 Å². The number of hydrogen-bond donors (Lipinski definition) is 1. The van der Waals surface area contributed by atoms with Crippen molar-refractivity contribution in [3.63, 3.8) is 0 Å². The van der Waals surface area contributed by atoms with Crippen molar-refractivity contribution in [2.45, 2.75) is 25.6 Å². The summed E-state index contributed by atoms with van der Waals surface area (Å²) >= 11 is 0. The van der Waals surface area contributed by atoms with E-state index >= 15 is 0 Å². The zero-order chi connectivity index (χ0) is 16.4. The number of ether oxygens (including phenoxy) is 2. The van der Waals surface area contributed by atoms with Crippen LogP contribution in [0.15, 0.2) is 30.3 Å². The average molecular weight is 319 g/mol. The van der Waals surface area contributed by atoms with Crippen LogP contribution in [0.5, 0.6) is 0 Å². The molecule has 0 aliphatic heterocycles. The van der Waals surface area contributed by atoms with Crippen molar-refractivity contribution in [1.82, 2.24) is 5.32 Å². The Labute approximate surface area is 127 Å². The molecule has 0 aliphatic carbocycles. The molecule has 0 bridgehead atoms. The quantitative estimate of drug-likeness (QED) is 0.712. The predicted molar refractivity (Wildman–Crippen MR) is 75.3 cm³/mol. The molecule has 0 saturated heterocycles. The first kappa shape index (κ1) is 18.4. The lowest BCUT2D eigenvalue weighted by atomic mass is 10.1. The molecule has 0 aromatic heterocycles. The Bertz CT molecular complexity index is 437. The van der Waals surface area contributed by atoms with Gasteiger partial charge in [0, 0.05) is 13.2 Å². The Morgan fingerprint density at radius 3 is 2.59 bits per heavy atom. The largest absolute Gasteiger partial charge is 0.411 e. The predicted octanol–water partition coefficient (Wildman–Crippen LogP) is 2.85. The first-order chi connectivity index (χ1) is 10.4. The lowest BCUT2D eigenvalue weighted by Crippen LogP contribution is -2.31. The summed E-state index contributed by atoms with van der Waals surface area (Å²) in [5.74, 6) is -0.569. The van der Waals surface area contributed by atoms with Crippen LogP contribution in [-0.4, -0.2) is 38.4 Å². The Morgan fingerprint density at radius 1 is 1.27 bits per heavy atom. The van der Waals surface area contributed by atoms with Crippen molar-refractivity contribution in [3.05, 3.63) is 35.9 Å². The minimum Gasteiger partial charge on any atom is -0.374 e. The van der Waals surface area contributed by atoms with E-state index in [-0.39, 0.29) is 6.10 Å². The van der Waals surface area contributed by atoms with E-state index in [4.69, 9.17) is 4.74 Å². The molecule has 1 unspecified atom stereocenters. The number of amides is 1. The zero-order valence-corrected chi connectivity index (χ0v) is 12.4. The first-order valence-electron chi connectivity index (χ1n) is 6.96. The molecule has 1 amide bonds. The highest BCUT2D eigenvalue weighted by atomic mass is 19.4. The van der Waals surface area contributed by atoms with Gasteiger partial charge in [-0.1, -0.05) is 30.3 Å². The van der Waals surface area contributed by atoms with E-state index in [9.17, 15) is 18.0 Å². The number of carbonyl (C=O) groups excluding carboxylic acids is 1. The summed E-state index contributed by atoms with van der Waals surface area (Å²) in [6.45, 7) is 0.688. The SMILES string of the molecule is CC(OCCCNC(=O)COCC(F)(F)F)c1ccccc1. The van der Waals surface area contributed by atoms with Crippen LogP contribution in [0, 0.1) is 0 Å². The van der Waals surface area contributed by atoms with E-state index < -0.39 is 25.3 Å². The molecule has 1 atom stereocenters. The van der Waals surface area contributed by atoms with E-state index in [2.05, 4.69) is 10.1 Å². The van der Waals surface area contributed by atoms with Crippen LogP contribution in [-0.2, 0) is 14.3 Å². The number of benzene rings is 1. The molecular weight excluding hydrogens is 299 g/mol. The third kappa shape index (κ3) is 8.63. The number of nitrogens with one attached hydrogen (secondary N) is 1. The average Bonchev–Trinajstić information content (AvgIpc) is 2.46. The summed E-state index contributed by atoms with van der Waals surface area (Å²) in [5, 5.41) is 2.47. The number of carbonyl (C=O) groups is 1. The molecule has 1 rings (SSSR count). The third-order valence-electron chi connectivity index (χ3n) is 2.78. The van der Waals surface area contributed by atoms with Crippen LogP contribution >= 0.6 is 0 Å². The van der Waals surface area contributed by atoms with Crippen molar-refractivity contribution >= 4 is 5.91 Å². The lowest BCUT2D eigenvalue weighted by molar-refractivity contribution is -0.175. The molecule has 1 aromatic carbocycles. The van der Waals surface area contributed by atoms with Gasteiger partial charge in [-0.15, -0.1) is 0 Å². The number of hydrogen-bond acceptors (Lipinski definition) is 3. The lowest BCUT2D eigenvalue weighted by Gasteiger charge is -2.13. The summed E-state index contributed by atoms with van der Waals surface area (Å²) < 4.78 is 45.3. The number of alkyl halides is 3. The first-order valence-corrected chi connectivity index (χ1v) is 6.96. The highest BCUT2D eigenvalue weighted by molar-refractivity contribution is 5.77. The highest BCUT2D eigenvalue weighted by Crippen LogP contribution is 2.15. The van der Waals surface area contributed by atoms with Gasteiger partial charge in [-0.05, 0) is 18.9 Å². The molecule has 7 heteroatoms. The fraction of sp³-hybridized carbons (Fsp3) is 0.533. The Balaban J connectivity index is 2.04. The van der Waals surface area contributed by atoms with Crippen LogP contribution < -0.4 is 5.32 Å². The van der Waals surface area contributed by atoms with Gasteiger partial charge in [-0.3, -0.25) is 4.79 Å². The summed E-state index contributed by atoms with van der Waals surface area (Å²) in [6.07, 6.45) is -3.89. The van der Waals surface area contributed by atoms with Crippen molar-refractivity contribution in [1.29, 1.82) is 0 Å². The third-order valence-corrected chi connectivity index (χ3v) is 2.78. The number of halogens is 3. The summed E-state index contributed by atoms with van der Waals surface area (Å²) in [5.41, 5.74) is 1.06. The molecule has 0 aliphatic rings. The van der Waals surface area contributed by atoms with E-state index in [1.165, 1.54) is 0 Å². The highest BCUT2D eigenvalue weighted by Gasteiger charge is 2.27. The van der Waals surface area contributed by atoms with Gasteiger partial charge in [-0.2, -0.15) is 13.2 Å². The Morgan fingerprint density at radius 2 is 1.95 bits per heavy atom. The van der Waals surface area contributed by atoms with Crippen LogP contribution in [0.4, 0.5) is 13.2 Å². The van der Waals surface area contributed by atoms with Gasteiger partial charge >= 0.3 is 6.18 Å². The second-order valence-corrected chi connectivity index (χ2v) is 4.74. The van der Waals surface area contributed by atoms with E-state index in [1.54, 1.807) is 0 Å². The van der Waals surface area contributed by atoms with Crippen molar-refractivity contribution in [2.24, 2.45) is 0 Å². The molecule has 1 aromatic rings. The molecule has 0 radical (unpaired) electrons. The fourth-order valence-corrected chi connectivity index (χ4v) is 1.69. The maximum absolute atomic E-state index is 11.8. The number of rotatable bonds is 9. The van der Waals surface area contributed by atoms with E-state index in [0.717, 1.165) is 5.56 Å². The topological polar surface area (TPSA) is 47.6 Å². The molecule has 0 fully saturated rings. The van der Waals surface area contributed by atoms with Gasteiger partial charge in [0.1, 0.15) is 13.2 Å². The fourth-order valence-electron chi connectivity index (χ4n) is 1.69. The van der Waals surface area contributed by atoms with E-state index in [0.29, 0.717) is 19.6 Å². The summed E-state index contributed by atoms with van der Waals surface area (Å²) in [7, 11) is 0. The Kier molecular flexibility index (Phi) is 7.90. The normalized spacial score (nSPS) is 12.9. The monoisotopic (exact) mass is 319 g/mol. The standard InChI is InChI=1S/C15H20F3NO3/c1-12(13-6-3-2-4-7-13)22-9-5-8-19-14(20)10-21-11-15(16,17)18/h2-4,6-7,12H,5,8-11H2,1H3,(H,19,20). The molecule has 1 N–H and O–H groups in total. The molecule has 0 saturated carbocycles. The minimum atomic E-state index is -4.41. The van der Waals surface area contributed by atoms with Crippen molar-refractivity contribution < 1.29 is 27.4 Å². The molecular formula is C15H20F3NO3. The summed E-state index contributed by atoms with van der Waals surface area (Å²) in [6, 6.07) is 9.70. The van der Waals surface area contributed by atoms with Gasteiger partial charge < -0.3 is 14.8 Å². The second kappa shape index (κ2) is 9.42. The maximum atomic E-state index is 11.8. The minimum absolute atomic E-state index is 0.0491.